The van der Waals surface area contributed by atoms with E-state index in [4.69, 9.17) is 0 Å². The number of rotatable bonds is 4. The smallest absolute Gasteiger partial charge is 0.345 e. The Morgan fingerprint density at radius 2 is 1.96 bits per heavy atom. The molecule has 2 aliphatic rings. The van der Waals surface area contributed by atoms with Crippen molar-refractivity contribution in [1.29, 1.82) is 0 Å². The van der Waals surface area contributed by atoms with Crippen LogP contribution in [0.1, 0.15) is 37.8 Å². The predicted octanol–water partition coefficient (Wildman–Crippen LogP) is 2.97. The number of carbonyl (C=O) groups excluding carboxylic acids is 1. The molecule has 1 aliphatic carbocycles. The lowest BCUT2D eigenvalue weighted by atomic mass is 9.84. The zero-order valence-electron chi connectivity index (χ0n) is 14.3. The second-order valence-corrected chi connectivity index (χ2v) is 7.02. The molecule has 8 heteroatoms. The summed E-state index contributed by atoms with van der Waals surface area (Å²) in [5.74, 6) is 0.932. The van der Waals surface area contributed by atoms with Crippen molar-refractivity contribution in [2.45, 2.75) is 38.3 Å². The van der Waals surface area contributed by atoms with E-state index in [2.05, 4.69) is 9.97 Å². The summed E-state index contributed by atoms with van der Waals surface area (Å²) in [5.41, 5.74) is -0.912. The monoisotopic (exact) mass is 356 g/mol. The Hall–Kier alpha value is -1.86. The second-order valence-electron chi connectivity index (χ2n) is 7.02. The van der Waals surface area contributed by atoms with Crippen LogP contribution in [0, 0.1) is 11.8 Å². The maximum atomic E-state index is 12.8. The molecule has 1 amide bonds. The third kappa shape index (κ3) is 4.22. The van der Waals surface area contributed by atoms with Gasteiger partial charge in [-0.1, -0.05) is 6.42 Å². The van der Waals surface area contributed by atoms with E-state index in [1.807, 2.05) is 11.9 Å². The van der Waals surface area contributed by atoms with Crippen LogP contribution in [-0.2, 0) is 11.0 Å². The number of piperidine rings is 1. The Balaban J connectivity index is 1.52. The van der Waals surface area contributed by atoms with E-state index in [-0.39, 0.29) is 17.8 Å². The van der Waals surface area contributed by atoms with E-state index in [9.17, 15) is 18.0 Å². The van der Waals surface area contributed by atoms with Crippen molar-refractivity contribution in [1.82, 2.24) is 14.9 Å². The molecule has 5 nitrogen and oxygen atoms in total. The standard InChI is InChI=1S/C17H23F3N4O/c1-23(15(25)13-3-2-4-13)11-12-6-9-24(10-7-12)16-21-8-5-14(22-16)17(18,19)20/h5,8,12-13H,2-4,6-7,9-11H2,1H3. The van der Waals surface area contributed by atoms with E-state index in [1.165, 1.54) is 0 Å². The Morgan fingerprint density at radius 3 is 2.52 bits per heavy atom. The number of anilines is 1. The normalized spacial score (nSPS) is 19.6. The van der Waals surface area contributed by atoms with Crippen LogP contribution in [0.25, 0.3) is 0 Å². The molecule has 0 atom stereocenters. The minimum Gasteiger partial charge on any atom is -0.345 e. The molecule has 1 aromatic heterocycles. The average Bonchev–Trinajstić information content (AvgIpc) is 2.53. The zero-order valence-corrected chi connectivity index (χ0v) is 14.3. The molecule has 2 heterocycles. The van der Waals surface area contributed by atoms with Crippen molar-refractivity contribution in [3.8, 4) is 0 Å². The highest BCUT2D eigenvalue weighted by Gasteiger charge is 2.34. The van der Waals surface area contributed by atoms with Crippen LogP contribution in [0.4, 0.5) is 19.1 Å². The number of alkyl halides is 3. The van der Waals surface area contributed by atoms with Gasteiger partial charge in [-0.25, -0.2) is 9.97 Å². The SMILES string of the molecule is CN(CC1CCN(c2nccc(C(F)(F)F)n2)CC1)C(=O)C1CCC1. The quantitative estimate of drug-likeness (QED) is 0.832. The van der Waals surface area contributed by atoms with E-state index >= 15 is 0 Å². The topological polar surface area (TPSA) is 49.3 Å². The lowest BCUT2D eigenvalue weighted by Gasteiger charge is -2.35. The Bertz CT molecular complexity index is 610. The molecule has 1 saturated heterocycles. The van der Waals surface area contributed by atoms with Crippen LogP contribution in [-0.4, -0.2) is 47.5 Å². The minimum atomic E-state index is -4.46. The van der Waals surface area contributed by atoms with Crippen molar-refractivity contribution in [3.63, 3.8) is 0 Å². The number of halogens is 3. The first kappa shape index (κ1) is 17.9. The zero-order chi connectivity index (χ0) is 18.0. The summed E-state index contributed by atoms with van der Waals surface area (Å²) in [6.45, 7) is 1.93. The van der Waals surface area contributed by atoms with Gasteiger partial charge in [0.2, 0.25) is 11.9 Å². The molecule has 1 aliphatic heterocycles. The molecule has 2 fully saturated rings. The van der Waals surface area contributed by atoms with Crippen molar-refractivity contribution >= 4 is 11.9 Å². The highest BCUT2D eigenvalue weighted by molar-refractivity contribution is 5.79. The van der Waals surface area contributed by atoms with Gasteiger partial charge in [-0.05, 0) is 37.7 Å². The van der Waals surface area contributed by atoms with Crippen LogP contribution in [0.2, 0.25) is 0 Å². The molecule has 3 rings (SSSR count). The number of hydrogen-bond donors (Lipinski definition) is 0. The number of carbonyl (C=O) groups is 1. The number of hydrogen-bond acceptors (Lipinski definition) is 4. The fraction of sp³-hybridized carbons (Fsp3) is 0.706. The van der Waals surface area contributed by atoms with Gasteiger partial charge < -0.3 is 9.80 Å². The average molecular weight is 356 g/mol. The highest BCUT2D eigenvalue weighted by atomic mass is 19.4. The van der Waals surface area contributed by atoms with Gasteiger partial charge in [0.05, 0.1) is 0 Å². The fourth-order valence-electron chi connectivity index (χ4n) is 3.42. The molecular formula is C17H23F3N4O. The molecule has 0 bridgehead atoms. The van der Waals surface area contributed by atoms with Crippen LogP contribution in [0.5, 0.6) is 0 Å². The van der Waals surface area contributed by atoms with E-state index in [0.29, 0.717) is 25.6 Å². The largest absolute Gasteiger partial charge is 0.433 e. The van der Waals surface area contributed by atoms with Crippen LogP contribution < -0.4 is 4.90 Å². The Labute approximate surface area is 145 Å². The summed E-state index contributed by atoms with van der Waals surface area (Å²) in [6.07, 6.45) is 1.47. The fourth-order valence-corrected chi connectivity index (χ4v) is 3.42. The molecule has 0 unspecified atom stereocenters. The second kappa shape index (κ2) is 7.17. The van der Waals surface area contributed by atoms with Crippen LogP contribution in [0.3, 0.4) is 0 Å². The highest BCUT2D eigenvalue weighted by Crippen LogP contribution is 2.30. The Kier molecular flexibility index (Phi) is 5.15. The number of nitrogens with zero attached hydrogens (tertiary/aromatic N) is 4. The molecule has 1 saturated carbocycles. The number of aromatic nitrogens is 2. The molecular weight excluding hydrogens is 333 g/mol. The maximum Gasteiger partial charge on any atom is 0.433 e. The van der Waals surface area contributed by atoms with Gasteiger partial charge >= 0.3 is 6.18 Å². The van der Waals surface area contributed by atoms with E-state index < -0.39 is 11.9 Å². The lowest BCUT2D eigenvalue weighted by Crippen LogP contribution is -2.42. The molecule has 0 spiro atoms. The van der Waals surface area contributed by atoms with Gasteiger partial charge in [-0.15, -0.1) is 0 Å². The van der Waals surface area contributed by atoms with Crippen LogP contribution in [0.15, 0.2) is 12.3 Å². The predicted molar refractivity (Wildman–Crippen MR) is 86.9 cm³/mol. The molecule has 0 radical (unpaired) electrons. The van der Waals surface area contributed by atoms with E-state index in [0.717, 1.165) is 44.4 Å². The molecule has 0 N–H and O–H groups in total. The van der Waals surface area contributed by atoms with Gasteiger partial charge in [0.1, 0.15) is 5.69 Å². The molecule has 1 aromatic rings. The summed E-state index contributed by atoms with van der Waals surface area (Å²) in [7, 11) is 1.85. The first-order valence-corrected chi connectivity index (χ1v) is 8.75. The van der Waals surface area contributed by atoms with Crippen molar-refractivity contribution in [3.05, 3.63) is 18.0 Å². The first-order chi connectivity index (χ1) is 11.8. The summed E-state index contributed by atoms with van der Waals surface area (Å²) >= 11 is 0. The molecule has 25 heavy (non-hydrogen) atoms. The van der Waals surface area contributed by atoms with Gasteiger partial charge in [0, 0.05) is 38.8 Å². The summed E-state index contributed by atoms with van der Waals surface area (Å²) < 4.78 is 38.3. The maximum absolute atomic E-state index is 12.8. The van der Waals surface area contributed by atoms with E-state index in [1.54, 1.807) is 4.90 Å². The minimum absolute atomic E-state index is 0.132. The van der Waals surface area contributed by atoms with Crippen molar-refractivity contribution in [2.24, 2.45) is 11.8 Å². The lowest BCUT2D eigenvalue weighted by molar-refractivity contribution is -0.141. The number of amides is 1. The van der Waals surface area contributed by atoms with Gasteiger partial charge in [0.25, 0.3) is 0 Å². The molecule has 0 aromatic carbocycles. The van der Waals surface area contributed by atoms with Crippen molar-refractivity contribution in [2.75, 3.05) is 31.6 Å². The first-order valence-electron chi connectivity index (χ1n) is 8.75. The summed E-state index contributed by atoms with van der Waals surface area (Å²) in [5, 5.41) is 0. The third-order valence-electron chi connectivity index (χ3n) is 5.19. The third-order valence-corrected chi connectivity index (χ3v) is 5.19. The molecule has 138 valence electrons. The van der Waals surface area contributed by atoms with Crippen LogP contribution >= 0.6 is 0 Å². The summed E-state index contributed by atoms with van der Waals surface area (Å²) in [4.78, 5) is 23.5. The summed E-state index contributed by atoms with van der Waals surface area (Å²) in [6, 6.07) is 0.886. The van der Waals surface area contributed by atoms with Gasteiger partial charge in [0.15, 0.2) is 0 Å². The van der Waals surface area contributed by atoms with Gasteiger partial charge in [-0.2, -0.15) is 13.2 Å². The Morgan fingerprint density at radius 1 is 1.28 bits per heavy atom. The van der Waals surface area contributed by atoms with Crippen molar-refractivity contribution < 1.29 is 18.0 Å². The van der Waals surface area contributed by atoms with Gasteiger partial charge in [-0.3, -0.25) is 4.79 Å².